The molecule has 3 N–H and O–H groups in total. The van der Waals surface area contributed by atoms with Crippen LogP contribution in [0.1, 0.15) is 11.1 Å². The lowest BCUT2D eigenvalue weighted by molar-refractivity contribution is -0.0370. The predicted octanol–water partition coefficient (Wildman–Crippen LogP) is 1.67. The Morgan fingerprint density at radius 1 is 1.22 bits per heavy atom. The molecule has 0 aliphatic heterocycles. The van der Waals surface area contributed by atoms with Crippen LogP contribution in [-0.4, -0.2) is 20.4 Å². The highest BCUT2D eigenvalue weighted by molar-refractivity contribution is 7.41. The highest BCUT2D eigenvalue weighted by Crippen LogP contribution is 2.48. The predicted molar refractivity (Wildman–Crippen MR) is 63.8 cm³/mol. The Hall–Kier alpha value is -1.00. The van der Waals surface area contributed by atoms with Crippen LogP contribution in [0.5, 0.6) is 0 Å². The second-order valence-corrected chi connectivity index (χ2v) is 5.57. The van der Waals surface area contributed by atoms with Crippen LogP contribution in [0.4, 0.5) is 0 Å². The average Bonchev–Trinajstić information content (AvgIpc) is 2.71. The third-order valence-corrected chi connectivity index (χ3v) is 4.11. The topological polar surface area (TPSA) is 104 Å². The summed E-state index contributed by atoms with van der Waals surface area (Å²) in [6.45, 7) is 0. The van der Waals surface area contributed by atoms with Crippen molar-refractivity contribution in [2.45, 2.75) is 11.9 Å². The van der Waals surface area contributed by atoms with Crippen molar-refractivity contribution < 1.29 is 28.5 Å². The van der Waals surface area contributed by atoms with E-state index < -0.39 is 21.8 Å². The number of hydrogen-bond acceptors (Lipinski definition) is 4. The fourth-order valence-electron chi connectivity index (χ4n) is 1.81. The van der Waals surface area contributed by atoms with Gasteiger partial charge in [0, 0.05) is 11.0 Å². The smallest absolute Gasteiger partial charge is 0.317 e. The van der Waals surface area contributed by atoms with E-state index in [0.717, 1.165) is 11.1 Å². The Balaban J connectivity index is 2.37. The van der Waals surface area contributed by atoms with Crippen molar-refractivity contribution in [1.82, 2.24) is 0 Å². The van der Waals surface area contributed by atoms with Crippen molar-refractivity contribution in [1.29, 1.82) is 0 Å². The molecule has 1 aliphatic carbocycles. The monoisotopic (exact) mass is 288 g/mol. The van der Waals surface area contributed by atoms with E-state index in [9.17, 15) is 14.2 Å². The Labute approximate surface area is 104 Å². The molecule has 1 aromatic rings. The molecule has 8 heteroatoms. The van der Waals surface area contributed by atoms with E-state index in [2.05, 4.69) is 4.52 Å². The highest BCUT2D eigenvalue weighted by atomic mass is 31.1. The quantitative estimate of drug-likeness (QED) is 0.575. The normalized spacial score (nSPS) is 18.7. The first-order valence-electron chi connectivity index (χ1n) is 4.96. The van der Waals surface area contributed by atoms with Crippen LogP contribution in [-0.2, 0) is 20.1 Å². The summed E-state index contributed by atoms with van der Waals surface area (Å²) in [4.78, 5) is 17.8. The van der Waals surface area contributed by atoms with E-state index in [1.165, 1.54) is 6.08 Å². The van der Waals surface area contributed by atoms with Gasteiger partial charge in [0.1, 0.15) is 0 Å². The standard InChI is InChI=1S/C10H8O6P2/c11-10(17(12)13,16-18(14)15)9-5-7-3-1-2-4-8(7)6-9/h1-5,11H,6H2/p+2. The van der Waals surface area contributed by atoms with Gasteiger partial charge in [0.25, 0.3) is 0 Å². The summed E-state index contributed by atoms with van der Waals surface area (Å²) >= 11 is 0. The zero-order chi connectivity index (χ0) is 13.3. The second kappa shape index (κ2) is 4.94. The van der Waals surface area contributed by atoms with Crippen LogP contribution >= 0.6 is 16.3 Å². The van der Waals surface area contributed by atoms with Gasteiger partial charge in [0.2, 0.25) is 0 Å². The van der Waals surface area contributed by atoms with Crippen molar-refractivity contribution >= 4 is 22.4 Å². The van der Waals surface area contributed by atoms with Crippen LogP contribution < -0.4 is 0 Å². The summed E-state index contributed by atoms with van der Waals surface area (Å²) in [7, 11) is -6.42. The van der Waals surface area contributed by atoms with Gasteiger partial charge < -0.3 is 5.11 Å². The molecular formula is C10H10O6P2+2. The maximum Gasteiger partial charge on any atom is 0.702 e. The Morgan fingerprint density at radius 2 is 1.89 bits per heavy atom. The van der Waals surface area contributed by atoms with Crippen molar-refractivity contribution in [3.8, 4) is 0 Å². The molecule has 94 valence electrons. The molecular weight excluding hydrogens is 278 g/mol. The van der Waals surface area contributed by atoms with Gasteiger partial charge in [-0.05, 0) is 26.3 Å². The summed E-state index contributed by atoms with van der Waals surface area (Å²) in [5, 5.41) is 9.96. The molecule has 1 aromatic carbocycles. The molecule has 0 radical (unpaired) electrons. The van der Waals surface area contributed by atoms with Gasteiger partial charge in [0.15, 0.2) is 0 Å². The molecule has 1 aliphatic rings. The molecule has 0 spiro atoms. The first kappa shape index (κ1) is 13.4. The van der Waals surface area contributed by atoms with Gasteiger partial charge in [-0.3, -0.25) is 0 Å². The minimum Gasteiger partial charge on any atom is -0.317 e. The van der Waals surface area contributed by atoms with Crippen LogP contribution in [0.25, 0.3) is 6.08 Å². The summed E-state index contributed by atoms with van der Waals surface area (Å²) in [6, 6.07) is 7.14. The van der Waals surface area contributed by atoms with Crippen molar-refractivity contribution in [3.05, 3.63) is 41.0 Å². The van der Waals surface area contributed by atoms with Crippen molar-refractivity contribution in [2.75, 3.05) is 0 Å². The van der Waals surface area contributed by atoms with Gasteiger partial charge in [0.05, 0.1) is 5.57 Å². The molecule has 0 saturated carbocycles. The summed E-state index contributed by atoms with van der Waals surface area (Å²) in [6.07, 6.45) is 1.68. The molecule has 0 bridgehead atoms. The van der Waals surface area contributed by atoms with Crippen LogP contribution in [0.2, 0.25) is 0 Å². The number of benzene rings is 1. The lowest BCUT2D eigenvalue weighted by atomic mass is 10.1. The summed E-state index contributed by atoms with van der Waals surface area (Å²) < 4.78 is 26.2. The molecule has 0 fully saturated rings. The number of fused-ring (bicyclic) bond motifs is 1. The molecule has 3 unspecified atom stereocenters. The van der Waals surface area contributed by atoms with Crippen LogP contribution in [0.3, 0.4) is 0 Å². The van der Waals surface area contributed by atoms with E-state index in [0.29, 0.717) is 0 Å². The SMILES string of the molecule is O=[P+](O)OC(O)(C1=Cc2ccccc2C1)[P+](=O)O. The van der Waals surface area contributed by atoms with Crippen LogP contribution in [0.15, 0.2) is 29.8 Å². The number of hydrogen-bond donors (Lipinski definition) is 3. The van der Waals surface area contributed by atoms with Crippen molar-refractivity contribution in [3.63, 3.8) is 0 Å². The molecule has 2 rings (SSSR count). The Bertz CT molecular complexity index is 555. The summed E-state index contributed by atoms with van der Waals surface area (Å²) in [5.41, 5.74) is -0.917. The Morgan fingerprint density at radius 3 is 2.44 bits per heavy atom. The maximum atomic E-state index is 11.2. The van der Waals surface area contributed by atoms with E-state index in [1.54, 1.807) is 24.3 Å². The van der Waals surface area contributed by atoms with E-state index in [1.807, 2.05) is 0 Å². The molecule has 0 heterocycles. The molecule has 0 saturated heterocycles. The van der Waals surface area contributed by atoms with E-state index in [4.69, 9.17) is 9.79 Å². The fraction of sp³-hybridized carbons (Fsp3) is 0.200. The van der Waals surface area contributed by atoms with Gasteiger partial charge in [-0.2, -0.15) is 4.89 Å². The molecule has 3 atom stereocenters. The summed E-state index contributed by atoms with van der Waals surface area (Å²) in [5.74, 6) is 0. The van der Waals surface area contributed by atoms with Gasteiger partial charge in [-0.1, -0.05) is 24.3 Å². The number of rotatable bonds is 4. The molecule has 6 nitrogen and oxygen atoms in total. The van der Waals surface area contributed by atoms with Gasteiger partial charge >= 0.3 is 21.8 Å². The second-order valence-electron chi connectivity index (χ2n) is 3.76. The average molecular weight is 288 g/mol. The third-order valence-electron chi connectivity index (χ3n) is 2.65. The van der Waals surface area contributed by atoms with E-state index in [-0.39, 0.29) is 12.0 Å². The van der Waals surface area contributed by atoms with Crippen molar-refractivity contribution in [2.24, 2.45) is 0 Å². The molecule has 0 aromatic heterocycles. The zero-order valence-electron chi connectivity index (χ0n) is 9.05. The van der Waals surface area contributed by atoms with Gasteiger partial charge in [-0.25, -0.2) is 0 Å². The zero-order valence-corrected chi connectivity index (χ0v) is 10.8. The first-order valence-corrected chi connectivity index (χ1v) is 7.30. The third kappa shape index (κ3) is 2.40. The molecule has 18 heavy (non-hydrogen) atoms. The van der Waals surface area contributed by atoms with E-state index >= 15 is 0 Å². The molecule has 0 amide bonds. The largest absolute Gasteiger partial charge is 0.702 e. The van der Waals surface area contributed by atoms with Gasteiger partial charge in [-0.15, -0.1) is 4.89 Å². The number of aliphatic hydroxyl groups is 1. The highest BCUT2D eigenvalue weighted by Gasteiger charge is 2.60. The first-order chi connectivity index (χ1) is 8.43. The Kier molecular flexibility index (Phi) is 3.69. The fourth-order valence-corrected chi connectivity index (χ4v) is 3.03. The van der Waals surface area contributed by atoms with Crippen LogP contribution in [0, 0.1) is 0 Å². The maximum absolute atomic E-state index is 11.2. The minimum atomic E-state index is -3.22. The lowest BCUT2D eigenvalue weighted by Gasteiger charge is -2.08. The lowest BCUT2D eigenvalue weighted by Crippen LogP contribution is -2.28. The minimum absolute atomic E-state index is 0.0877.